The summed E-state index contributed by atoms with van der Waals surface area (Å²) < 4.78 is 0. The predicted molar refractivity (Wildman–Crippen MR) is 63.0 cm³/mol. The molecule has 0 radical (unpaired) electrons. The highest BCUT2D eigenvalue weighted by Gasteiger charge is 1.95. The maximum absolute atomic E-state index is 9.60. The molecular weight excluding hydrogens is 192 g/mol. The first-order chi connectivity index (χ1) is 7.00. The van der Waals surface area contributed by atoms with E-state index in [4.69, 9.17) is 10.2 Å². The lowest BCUT2D eigenvalue weighted by molar-refractivity contribution is -0.137. The number of carbonyl (C=O) groups is 1. The van der Waals surface area contributed by atoms with Crippen molar-refractivity contribution >= 4 is 5.97 Å². The van der Waals surface area contributed by atoms with E-state index in [-0.39, 0.29) is 6.10 Å². The molecule has 0 aromatic heterocycles. The lowest BCUT2D eigenvalue weighted by atomic mass is 10.4. The van der Waals surface area contributed by atoms with Gasteiger partial charge in [0.25, 0.3) is 0 Å². The van der Waals surface area contributed by atoms with E-state index in [0.717, 1.165) is 6.42 Å². The molecule has 0 aromatic carbocycles. The average molecular weight is 218 g/mol. The Labute approximate surface area is 93.5 Å². The van der Waals surface area contributed by atoms with Crippen LogP contribution in [0.3, 0.4) is 0 Å². The fourth-order valence-electron chi connectivity index (χ4n) is 1.10. The minimum absolute atomic E-state index is 0.167. The van der Waals surface area contributed by atoms with Gasteiger partial charge >= 0.3 is 5.97 Å². The molecule has 0 heterocycles. The lowest BCUT2D eigenvalue weighted by Crippen LogP contribution is -1.90. The van der Waals surface area contributed by atoms with Crippen molar-refractivity contribution in [1.82, 2.24) is 0 Å². The third-order valence-corrected chi connectivity index (χ3v) is 1.71. The maximum atomic E-state index is 9.60. The molecule has 1 aliphatic rings. The summed E-state index contributed by atoms with van der Waals surface area (Å²) in [5.41, 5.74) is 0. The Hall–Kier alpha value is -0.570. The van der Waals surface area contributed by atoms with Crippen LogP contribution in [-0.4, -0.2) is 22.3 Å². The number of aliphatic carboxylic acids is 1. The molecule has 1 rings (SSSR count). The Morgan fingerprint density at radius 3 is 1.47 bits per heavy atom. The SMILES string of the molecule is C1CCCC1.CC(C)O.CCCC(=O)O. The Balaban J connectivity index is 0. The number of rotatable bonds is 2. The van der Waals surface area contributed by atoms with Gasteiger partial charge in [0.15, 0.2) is 0 Å². The van der Waals surface area contributed by atoms with Crippen LogP contribution in [0.25, 0.3) is 0 Å². The van der Waals surface area contributed by atoms with Gasteiger partial charge in [0, 0.05) is 12.5 Å². The molecule has 1 saturated carbocycles. The van der Waals surface area contributed by atoms with Crippen molar-refractivity contribution in [2.24, 2.45) is 0 Å². The summed E-state index contributed by atoms with van der Waals surface area (Å²) in [6.07, 6.45) is 8.36. The highest BCUT2D eigenvalue weighted by Crippen LogP contribution is 2.15. The standard InChI is InChI=1S/C5H10.C4H8O2.C3H8O/c1-2-4-5-3-1;1-2-3-4(5)6;1-3(2)4/h1-5H2;2-3H2,1H3,(H,5,6);3-4H,1-2H3. The van der Waals surface area contributed by atoms with Crippen molar-refractivity contribution in [1.29, 1.82) is 0 Å². The summed E-state index contributed by atoms with van der Waals surface area (Å²) in [6, 6.07) is 0. The highest BCUT2D eigenvalue weighted by molar-refractivity contribution is 5.66. The van der Waals surface area contributed by atoms with Crippen LogP contribution in [-0.2, 0) is 4.79 Å². The van der Waals surface area contributed by atoms with E-state index in [1.54, 1.807) is 13.8 Å². The number of aliphatic hydroxyl groups excluding tert-OH is 1. The molecule has 0 atom stereocenters. The van der Waals surface area contributed by atoms with Gasteiger partial charge < -0.3 is 10.2 Å². The zero-order chi connectivity index (χ0) is 12.1. The van der Waals surface area contributed by atoms with E-state index >= 15 is 0 Å². The van der Waals surface area contributed by atoms with Gasteiger partial charge in [-0.25, -0.2) is 0 Å². The van der Waals surface area contributed by atoms with Crippen LogP contribution in [0.5, 0.6) is 0 Å². The number of hydrogen-bond acceptors (Lipinski definition) is 2. The van der Waals surface area contributed by atoms with Gasteiger partial charge in [-0.05, 0) is 20.3 Å². The lowest BCUT2D eigenvalue weighted by Gasteiger charge is -1.80. The second kappa shape index (κ2) is 13.4. The van der Waals surface area contributed by atoms with E-state index in [9.17, 15) is 4.79 Å². The van der Waals surface area contributed by atoms with E-state index in [0.29, 0.717) is 6.42 Å². The molecule has 0 bridgehead atoms. The van der Waals surface area contributed by atoms with Gasteiger partial charge in [-0.15, -0.1) is 0 Å². The Morgan fingerprint density at radius 1 is 1.13 bits per heavy atom. The molecule has 0 unspecified atom stereocenters. The molecule has 0 aliphatic heterocycles. The zero-order valence-electron chi connectivity index (χ0n) is 10.3. The molecule has 2 N–H and O–H groups in total. The normalized spacial score (nSPS) is 13.7. The quantitative estimate of drug-likeness (QED) is 0.748. The molecule has 0 amide bonds. The van der Waals surface area contributed by atoms with Crippen LogP contribution in [0.4, 0.5) is 0 Å². The summed E-state index contributed by atoms with van der Waals surface area (Å²) >= 11 is 0. The Bertz CT molecular complexity index is 118. The van der Waals surface area contributed by atoms with E-state index in [1.807, 2.05) is 6.92 Å². The first-order valence-corrected chi connectivity index (χ1v) is 5.90. The Morgan fingerprint density at radius 2 is 1.40 bits per heavy atom. The summed E-state index contributed by atoms with van der Waals surface area (Å²) in [7, 11) is 0. The van der Waals surface area contributed by atoms with Crippen LogP contribution in [0, 0.1) is 0 Å². The van der Waals surface area contributed by atoms with Crippen LogP contribution in [0.1, 0.15) is 65.7 Å². The first-order valence-electron chi connectivity index (χ1n) is 5.90. The number of carboxylic acids is 1. The van der Waals surface area contributed by atoms with Crippen molar-refractivity contribution in [2.45, 2.75) is 71.8 Å². The van der Waals surface area contributed by atoms with Crippen molar-refractivity contribution in [3.05, 3.63) is 0 Å². The monoisotopic (exact) mass is 218 g/mol. The van der Waals surface area contributed by atoms with Gasteiger partial charge in [0.2, 0.25) is 0 Å². The molecule has 1 aliphatic carbocycles. The fourth-order valence-corrected chi connectivity index (χ4v) is 1.10. The van der Waals surface area contributed by atoms with Gasteiger partial charge in [-0.2, -0.15) is 0 Å². The van der Waals surface area contributed by atoms with Gasteiger partial charge in [-0.1, -0.05) is 39.0 Å². The zero-order valence-corrected chi connectivity index (χ0v) is 10.3. The second-order valence-corrected chi connectivity index (χ2v) is 4.01. The molecule has 0 aromatic rings. The summed E-state index contributed by atoms with van der Waals surface area (Å²) in [5, 5.41) is 16.0. The molecule has 0 spiro atoms. The van der Waals surface area contributed by atoms with Gasteiger partial charge in [0.05, 0.1) is 0 Å². The smallest absolute Gasteiger partial charge is 0.303 e. The van der Waals surface area contributed by atoms with Crippen molar-refractivity contribution in [3.8, 4) is 0 Å². The van der Waals surface area contributed by atoms with Crippen LogP contribution >= 0.6 is 0 Å². The molecule has 3 heteroatoms. The third-order valence-electron chi connectivity index (χ3n) is 1.71. The minimum atomic E-state index is -0.711. The van der Waals surface area contributed by atoms with Gasteiger partial charge in [0.1, 0.15) is 0 Å². The number of aliphatic hydroxyl groups is 1. The predicted octanol–water partition coefficient (Wildman–Crippen LogP) is 3.21. The van der Waals surface area contributed by atoms with Gasteiger partial charge in [-0.3, -0.25) is 4.79 Å². The van der Waals surface area contributed by atoms with Crippen LogP contribution < -0.4 is 0 Å². The van der Waals surface area contributed by atoms with Crippen molar-refractivity contribution in [3.63, 3.8) is 0 Å². The van der Waals surface area contributed by atoms with Crippen molar-refractivity contribution in [2.75, 3.05) is 0 Å². The van der Waals surface area contributed by atoms with E-state index in [2.05, 4.69) is 0 Å². The summed E-state index contributed by atoms with van der Waals surface area (Å²) in [5.74, 6) is -0.711. The van der Waals surface area contributed by atoms with Crippen LogP contribution in [0.2, 0.25) is 0 Å². The highest BCUT2D eigenvalue weighted by atomic mass is 16.4. The Kier molecular flexibility index (Phi) is 15.1. The van der Waals surface area contributed by atoms with Crippen LogP contribution in [0.15, 0.2) is 0 Å². The maximum Gasteiger partial charge on any atom is 0.303 e. The fraction of sp³-hybridized carbons (Fsp3) is 0.917. The van der Waals surface area contributed by atoms with E-state index < -0.39 is 5.97 Å². The van der Waals surface area contributed by atoms with Crippen molar-refractivity contribution < 1.29 is 15.0 Å². The summed E-state index contributed by atoms with van der Waals surface area (Å²) in [4.78, 5) is 9.60. The second-order valence-electron chi connectivity index (χ2n) is 4.01. The molecule has 0 saturated heterocycles. The molecule has 3 nitrogen and oxygen atoms in total. The van der Waals surface area contributed by atoms with E-state index in [1.165, 1.54) is 32.1 Å². The molecule has 92 valence electrons. The first kappa shape index (κ1) is 16.8. The molecule has 1 fully saturated rings. The molecular formula is C12H26O3. The minimum Gasteiger partial charge on any atom is -0.481 e. The number of hydrogen-bond donors (Lipinski definition) is 2. The number of carboxylic acid groups (broad SMARTS) is 1. The average Bonchev–Trinajstić information content (AvgIpc) is 2.58. The largest absolute Gasteiger partial charge is 0.481 e. The summed E-state index contributed by atoms with van der Waals surface area (Å²) in [6.45, 7) is 5.29. The topological polar surface area (TPSA) is 57.5 Å². The molecule has 15 heavy (non-hydrogen) atoms. The third kappa shape index (κ3) is 31.8.